The Kier molecular flexibility index (Phi) is 24.5. The zero-order chi connectivity index (χ0) is 87.5. The molecule has 16 rings (SSSR count). The number of benzene rings is 4. The number of aliphatic hydroxyl groups is 1. The van der Waals surface area contributed by atoms with E-state index in [1.807, 2.05) is 4.90 Å². The Morgan fingerprint density at radius 2 is 1.07 bits per heavy atom. The van der Waals surface area contributed by atoms with E-state index < -0.39 is 84.5 Å². The Morgan fingerprint density at radius 1 is 0.573 bits per heavy atom. The number of ether oxygens (including phenoxy) is 2. The molecule has 8 amide bonds. The van der Waals surface area contributed by atoms with Crippen molar-refractivity contribution in [3.05, 3.63) is 125 Å². The second-order valence-electron chi connectivity index (χ2n) is 36.3. The summed E-state index contributed by atoms with van der Waals surface area (Å²) in [6.45, 7) is 10.3. The summed E-state index contributed by atoms with van der Waals surface area (Å²) in [5.74, 6) is -14.3. The molecular formula is C89H108F6N18O11. The van der Waals surface area contributed by atoms with Crippen LogP contribution in [-0.2, 0) is 35.3 Å². The van der Waals surface area contributed by atoms with Gasteiger partial charge >= 0.3 is 11.8 Å². The van der Waals surface area contributed by atoms with Crippen LogP contribution in [-0.4, -0.2) is 235 Å². The van der Waals surface area contributed by atoms with E-state index in [2.05, 4.69) is 56.6 Å². The number of carbonyl (C=O) groups excluding carboxylic acids is 8. The lowest BCUT2D eigenvalue weighted by molar-refractivity contribution is -0.141. The first-order valence-electron chi connectivity index (χ1n) is 43.3. The molecule has 6 saturated heterocycles. The summed E-state index contributed by atoms with van der Waals surface area (Å²) in [5.41, 5.74) is 2.47. The van der Waals surface area contributed by atoms with E-state index in [4.69, 9.17) is 19.4 Å². The molecule has 10 heterocycles. The average Bonchev–Trinajstić information content (AvgIpc) is 1.62. The number of imide groups is 2. The highest BCUT2D eigenvalue weighted by Crippen LogP contribution is 2.52. The number of likely N-dealkylation sites (tertiary alicyclic amines) is 3. The second kappa shape index (κ2) is 35.0. The number of hydrogen-bond acceptors (Lipinski definition) is 23. The summed E-state index contributed by atoms with van der Waals surface area (Å²) in [5, 5.41) is 29.0. The smallest absolute Gasteiger partial charge is 0.342 e. The lowest BCUT2D eigenvalue weighted by atomic mass is 9.60. The largest absolute Gasteiger partial charge is 0.495 e. The number of fused-ring (bicyclic) bond motifs is 2. The molecule has 662 valence electrons. The number of halogens is 6. The highest BCUT2D eigenvalue weighted by Gasteiger charge is 2.53. The number of alkyl halides is 4. The molecule has 10 aliphatic rings. The standard InChI is InChI=1S/C89H108F6N18O11/c1-52(2)112-50-89(94,95)82(121)111(70-46-97-84(105-76(70)112)101-67-15-10-58(40-72(67)124-6)77(116)98-60-41-85(42-60)22-31-108(32-23-85)47-54-20-28-107(29-21-54)48-59-8-7-55(37-64(59)90)62-12-17-73(114)102-79(62)118)30-19-53(3)113-51-88(92,93)81(120)106(4)69-45-96-83(104-75(69)113)100-66-14-9-57(39-71(66)123-5)78(117)99-61-43-86(44-61)24-33-109(34-25-86)49-87(122)26-35-110(36-27-87)68-16-11-56(38-65(68)91)63-13-18-74(115)103-80(63)119/h7-11,14-16,37-40,45-46,52-54,60-63,122H,12-13,17-36,41-44,47-51H2,1-6H3,(H,98,116)(H,99,117)(H,96,100,104)(H,97,101,105)(H,102,114,118)(H,103,115,119). The van der Waals surface area contributed by atoms with Crippen molar-refractivity contribution >= 4 is 99.2 Å². The van der Waals surface area contributed by atoms with E-state index in [1.54, 1.807) is 81.4 Å². The van der Waals surface area contributed by atoms with Gasteiger partial charge in [0.1, 0.15) is 34.5 Å². The van der Waals surface area contributed by atoms with Gasteiger partial charge < -0.3 is 70.1 Å². The third-order valence-corrected chi connectivity index (χ3v) is 27.7. The second-order valence-corrected chi connectivity index (χ2v) is 36.3. The van der Waals surface area contributed by atoms with Crippen molar-refractivity contribution in [2.24, 2.45) is 16.7 Å². The third kappa shape index (κ3) is 18.4. The van der Waals surface area contributed by atoms with Gasteiger partial charge in [-0.15, -0.1) is 0 Å². The van der Waals surface area contributed by atoms with Gasteiger partial charge in [-0.3, -0.25) is 53.9 Å². The van der Waals surface area contributed by atoms with Crippen LogP contribution < -0.4 is 65.9 Å². The predicted octanol–water partition coefficient (Wildman–Crippen LogP) is 10.1. The Morgan fingerprint density at radius 3 is 1.59 bits per heavy atom. The SMILES string of the molecule is COc1cc(C(=O)NC2CC3(CCN(CC4CCN(Cc5ccc(C6CCC(=O)NC6=O)cc5F)CC4)CC3)C2)ccc1Nc1ncc2c(n1)N(C(C)C)CC(F)(F)C(=O)N2CCC(C)N1CC(F)(F)C(=O)N(C)c2cnc(Nc3ccc(C(=O)NC4CC5(CCN(CC6(O)CCN(c7ccc(C8CCC(=O)NC8=O)cc7F)CC6)CC5)C4)cc3OC)nc21. The van der Waals surface area contributed by atoms with Crippen molar-refractivity contribution in [2.75, 3.05) is 141 Å². The molecule has 29 nitrogen and oxygen atoms in total. The highest BCUT2D eigenvalue weighted by molar-refractivity contribution is 6.05. The fourth-order valence-corrected chi connectivity index (χ4v) is 20.2. The van der Waals surface area contributed by atoms with Crippen molar-refractivity contribution in [1.82, 2.24) is 55.9 Å². The van der Waals surface area contributed by atoms with Crippen LogP contribution in [0.5, 0.6) is 11.5 Å². The van der Waals surface area contributed by atoms with Crippen LogP contribution in [0.25, 0.3) is 0 Å². The lowest BCUT2D eigenvalue weighted by Gasteiger charge is -2.53. The average molecular weight is 1720 g/mol. The van der Waals surface area contributed by atoms with Gasteiger partial charge in [-0.05, 0) is 239 Å². The van der Waals surface area contributed by atoms with Crippen LogP contribution in [0.4, 0.5) is 78.3 Å². The maximum absolute atomic E-state index is 16.5. The number of hydrogen-bond donors (Lipinski definition) is 7. The molecule has 4 aromatic carbocycles. The van der Waals surface area contributed by atoms with Crippen LogP contribution in [0.1, 0.15) is 179 Å². The minimum Gasteiger partial charge on any atom is -0.495 e. The Labute approximate surface area is 715 Å². The van der Waals surface area contributed by atoms with E-state index in [-0.39, 0.29) is 124 Å². The minimum absolute atomic E-state index is 0.0148. The lowest BCUT2D eigenvalue weighted by Crippen LogP contribution is -2.57. The van der Waals surface area contributed by atoms with Crippen molar-refractivity contribution in [3.63, 3.8) is 0 Å². The van der Waals surface area contributed by atoms with Gasteiger partial charge in [0.2, 0.25) is 35.5 Å². The summed E-state index contributed by atoms with van der Waals surface area (Å²) < 4.78 is 108. The summed E-state index contributed by atoms with van der Waals surface area (Å²) in [4.78, 5) is 135. The van der Waals surface area contributed by atoms with Gasteiger partial charge in [0.25, 0.3) is 23.6 Å². The molecular weight excluding hydrogens is 1610 g/mol. The fourth-order valence-electron chi connectivity index (χ4n) is 20.2. The first kappa shape index (κ1) is 86.7. The molecule has 35 heteroatoms. The van der Waals surface area contributed by atoms with Gasteiger partial charge in [0, 0.05) is 100 Å². The number of aromatic nitrogens is 4. The first-order chi connectivity index (χ1) is 59.2. The van der Waals surface area contributed by atoms with Crippen LogP contribution in [0.15, 0.2) is 85.2 Å². The van der Waals surface area contributed by atoms with Crippen molar-refractivity contribution in [1.29, 1.82) is 0 Å². The fraction of sp³-hybridized carbons (Fsp3) is 0.551. The van der Waals surface area contributed by atoms with E-state index in [0.717, 1.165) is 120 Å². The summed E-state index contributed by atoms with van der Waals surface area (Å²) >= 11 is 0. The molecule has 8 aliphatic heterocycles. The Balaban J connectivity index is 0.504. The Hall–Kier alpha value is -10.8. The summed E-state index contributed by atoms with van der Waals surface area (Å²) in [6, 6.07) is 17.6. The third-order valence-electron chi connectivity index (χ3n) is 27.7. The highest BCUT2D eigenvalue weighted by atomic mass is 19.3. The van der Waals surface area contributed by atoms with E-state index in [0.29, 0.717) is 103 Å². The molecule has 2 saturated carbocycles. The molecule has 0 bridgehead atoms. The zero-order valence-electron chi connectivity index (χ0n) is 70.7. The zero-order valence-corrected chi connectivity index (χ0v) is 70.7. The number of rotatable bonds is 24. The van der Waals surface area contributed by atoms with Crippen LogP contribution >= 0.6 is 0 Å². The number of methoxy groups -OCH3 is 2. The number of carbonyl (C=O) groups is 8. The predicted molar refractivity (Wildman–Crippen MR) is 451 cm³/mol. The number of nitrogens with one attached hydrogen (secondary N) is 6. The van der Waals surface area contributed by atoms with Gasteiger partial charge in [-0.1, -0.05) is 18.2 Å². The molecule has 3 unspecified atom stereocenters. The topological polar surface area (TPSA) is 325 Å². The molecule has 0 radical (unpaired) electrons. The molecule has 2 aromatic heterocycles. The monoisotopic (exact) mass is 1720 g/mol. The van der Waals surface area contributed by atoms with E-state index >= 15 is 26.3 Å². The van der Waals surface area contributed by atoms with Crippen LogP contribution in [0.2, 0.25) is 0 Å². The number of β-amino-alcohol motifs (C(OH)–C–C–N with tert-alkyl or cyclic N) is 1. The molecule has 2 spiro atoms. The maximum Gasteiger partial charge on any atom is 0.342 e. The van der Waals surface area contributed by atoms with Crippen LogP contribution in [0.3, 0.4) is 0 Å². The molecule has 3 atom stereocenters. The van der Waals surface area contributed by atoms with Gasteiger partial charge in [-0.25, -0.2) is 18.7 Å². The first-order valence-corrected chi connectivity index (χ1v) is 43.3. The van der Waals surface area contributed by atoms with Gasteiger partial charge in [-0.2, -0.15) is 27.5 Å². The number of amides is 8. The van der Waals surface area contributed by atoms with Gasteiger partial charge in [0.15, 0.2) is 11.6 Å². The number of nitrogens with zero attached hydrogens (tertiary/aromatic N) is 12. The summed E-state index contributed by atoms with van der Waals surface area (Å²) in [6.07, 6.45) is 13.4. The molecule has 2 aliphatic carbocycles. The van der Waals surface area contributed by atoms with Gasteiger partial charge in [0.05, 0.1) is 74.2 Å². The number of piperidine rings is 6. The van der Waals surface area contributed by atoms with Crippen LogP contribution in [0, 0.1) is 28.4 Å². The Bertz CT molecular complexity index is 5100. The van der Waals surface area contributed by atoms with Crippen molar-refractivity contribution in [2.45, 2.75) is 190 Å². The number of anilines is 9. The van der Waals surface area contributed by atoms with Crippen molar-refractivity contribution < 1.29 is 79.3 Å². The molecule has 8 fully saturated rings. The minimum atomic E-state index is -3.99. The molecule has 124 heavy (non-hydrogen) atoms. The van der Waals surface area contributed by atoms with E-state index in [9.17, 15) is 43.5 Å². The van der Waals surface area contributed by atoms with Crippen molar-refractivity contribution in [3.8, 4) is 11.5 Å². The normalized spacial score (nSPS) is 23.2. The maximum atomic E-state index is 16.5. The molecule has 7 N–H and O–H groups in total. The molecule has 6 aromatic rings. The quantitative estimate of drug-likeness (QED) is 0.0219. The van der Waals surface area contributed by atoms with E-state index in [1.165, 1.54) is 55.6 Å². The summed E-state index contributed by atoms with van der Waals surface area (Å²) in [7, 11) is 4.01.